The molecule has 1 aliphatic heterocycles. The highest BCUT2D eigenvalue weighted by Gasteiger charge is 2.32. The third-order valence-corrected chi connectivity index (χ3v) is 2.58. The molecule has 6 heteroatoms. The van der Waals surface area contributed by atoms with Crippen LogP contribution in [0, 0.1) is 5.92 Å². The first-order valence-corrected chi connectivity index (χ1v) is 6.10. The molecule has 1 aromatic heterocycles. The second-order valence-corrected chi connectivity index (χ2v) is 4.79. The maximum Gasteiger partial charge on any atom is 0.409 e. The lowest BCUT2D eigenvalue weighted by atomic mass is 10.1. The maximum absolute atomic E-state index is 11.6. The fraction of sp³-hybridized carbons (Fsp3) is 0.583. The minimum Gasteiger partial charge on any atom is -0.449 e. The van der Waals surface area contributed by atoms with Crippen molar-refractivity contribution in [3.8, 4) is 0 Å². The van der Waals surface area contributed by atoms with Crippen LogP contribution in [0.3, 0.4) is 0 Å². The molecule has 0 aliphatic carbocycles. The molecule has 98 valence electrons. The van der Waals surface area contributed by atoms with Crippen molar-refractivity contribution in [2.75, 3.05) is 25.0 Å². The van der Waals surface area contributed by atoms with Gasteiger partial charge in [0.1, 0.15) is 0 Å². The van der Waals surface area contributed by atoms with E-state index in [1.807, 2.05) is 13.8 Å². The number of likely N-dealkylation sites (tertiary alicyclic amines) is 1. The van der Waals surface area contributed by atoms with Gasteiger partial charge in [0.25, 0.3) is 0 Å². The molecule has 0 unspecified atom stereocenters. The normalized spacial score (nSPS) is 15.4. The average Bonchev–Trinajstić information content (AvgIpc) is 2.31. The molecule has 2 rings (SSSR count). The molecule has 0 saturated carbocycles. The highest BCUT2D eigenvalue weighted by molar-refractivity contribution is 5.69. The smallest absolute Gasteiger partial charge is 0.409 e. The van der Waals surface area contributed by atoms with Gasteiger partial charge >= 0.3 is 6.09 Å². The number of amides is 1. The van der Waals surface area contributed by atoms with Crippen LogP contribution >= 0.6 is 0 Å². The van der Waals surface area contributed by atoms with E-state index >= 15 is 0 Å². The van der Waals surface area contributed by atoms with Crippen LogP contribution in [0.5, 0.6) is 0 Å². The SMILES string of the molecule is CC(C)COC(=O)N1CC(Nc2ncccn2)C1. The van der Waals surface area contributed by atoms with Gasteiger partial charge in [-0.25, -0.2) is 14.8 Å². The van der Waals surface area contributed by atoms with Gasteiger partial charge < -0.3 is 15.0 Å². The van der Waals surface area contributed by atoms with Gasteiger partial charge in [-0.2, -0.15) is 0 Å². The Morgan fingerprint density at radius 3 is 2.78 bits per heavy atom. The Bertz CT molecular complexity index is 390. The van der Waals surface area contributed by atoms with Crippen molar-refractivity contribution in [2.45, 2.75) is 19.9 Å². The molecule has 0 spiro atoms. The second kappa shape index (κ2) is 5.66. The first-order valence-electron chi connectivity index (χ1n) is 6.10. The van der Waals surface area contributed by atoms with Crippen LogP contribution < -0.4 is 5.32 Å². The van der Waals surface area contributed by atoms with Gasteiger partial charge in [-0.15, -0.1) is 0 Å². The largest absolute Gasteiger partial charge is 0.449 e. The second-order valence-electron chi connectivity index (χ2n) is 4.79. The van der Waals surface area contributed by atoms with Crippen LogP contribution in [0.4, 0.5) is 10.7 Å². The number of rotatable bonds is 4. The molecular weight excluding hydrogens is 232 g/mol. The molecule has 1 saturated heterocycles. The van der Waals surface area contributed by atoms with Gasteiger partial charge in [0.15, 0.2) is 0 Å². The fourth-order valence-corrected chi connectivity index (χ4v) is 1.60. The van der Waals surface area contributed by atoms with Crippen LogP contribution in [-0.4, -0.2) is 46.7 Å². The van der Waals surface area contributed by atoms with Gasteiger partial charge in [0.2, 0.25) is 5.95 Å². The zero-order valence-electron chi connectivity index (χ0n) is 10.7. The van der Waals surface area contributed by atoms with Crippen LogP contribution in [0.25, 0.3) is 0 Å². The van der Waals surface area contributed by atoms with E-state index in [4.69, 9.17) is 4.74 Å². The van der Waals surface area contributed by atoms with Crippen molar-refractivity contribution in [2.24, 2.45) is 5.92 Å². The molecule has 0 atom stereocenters. The Morgan fingerprint density at radius 2 is 2.17 bits per heavy atom. The summed E-state index contributed by atoms with van der Waals surface area (Å²) in [6, 6.07) is 1.97. The van der Waals surface area contributed by atoms with E-state index in [0.717, 1.165) is 0 Å². The summed E-state index contributed by atoms with van der Waals surface area (Å²) in [5.74, 6) is 0.958. The Labute approximate surface area is 106 Å². The third-order valence-electron chi connectivity index (χ3n) is 2.58. The van der Waals surface area contributed by atoms with Gasteiger partial charge in [-0.3, -0.25) is 0 Å². The quantitative estimate of drug-likeness (QED) is 0.874. The molecule has 1 aliphatic rings. The van der Waals surface area contributed by atoms with Crippen molar-refractivity contribution < 1.29 is 9.53 Å². The van der Waals surface area contributed by atoms with Gasteiger partial charge in [0, 0.05) is 25.5 Å². The third kappa shape index (κ3) is 3.32. The van der Waals surface area contributed by atoms with Gasteiger partial charge in [-0.05, 0) is 12.0 Å². The first-order chi connectivity index (χ1) is 8.65. The standard InChI is InChI=1S/C12H18N4O2/c1-9(2)8-18-12(17)16-6-10(7-16)15-11-13-4-3-5-14-11/h3-5,9-10H,6-8H2,1-2H3,(H,13,14,15). The Hall–Kier alpha value is -1.85. The molecule has 1 N–H and O–H groups in total. The molecule has 1 amide bonds. The van der Waals surface area contributed by atoms with Gasteiger partial charge in [0.05, 0.1) is 12.6 Å². The van der Waals surface area contributed by atoms with E-state index in [1.165, 1.54) is 0 Å². The molecular formula is C12H18N4O2. The van der Waals surface area contributed by atoms with E-state index in [1.54, 1.807) is 23.4 Å². The minimum absolute atomic E-state index is 0.207. The number of nitrogens with zero attached hydrogens (tertiary/aromatic N) is 3. The Morgan fingerprint density at radius 1 is 1.50 bits per heavy atom. The number of hydrogen-bond donors (Lipinski definition) is 1. The summed E-state index contributed by atoms with van der Waals surface area (Å²) in [6.07, 6.45) is 3.13. The van der Waals surface area contributed by atoms with E-state index in [-0.39, 0.29) is 12.1 Å². The summed E-state index contributed by atoms with van der Waals surface area (Å²) in [7, 11) is 0. The monoisotopic (exact) mass is 250 g/mol. The van der Waals surface area contributed by atoms with E-state index < -0.39 is 0 Å². The molecule has 1 aromatic rings. The summed E-state index contributed by atoms with van der Waals surface area (Å²) >= 11 is 0. The summed E-state index contributed by atoms with van der Waals surface area (Å²) in [4.78, 5) is 21.4. The van der Waals surface area contributed by atoms with Crippen LogP contribution in [-0.2, 0) is 4.74 Å². The highest BCUT2D eigenvalue weighted by atomic mass is 16.6. The Balaban J connectivity index is 1.69. The number of carbonyl (C=O) groups excluding carboxylic acids is 1. The van der Waals surface area contributed by atoms with Crippen LogP contribution in [0.15, 0.2) is 18.5 Å². The average molecular weight is 250 g/mol. The van der Waals surface area contributed by atoms with Crippen LogP contribution in [0.1, 0.15) is 13.8 Å². The van der Waals surface area contributed by atoms with E-state index in [9.17, 15) is 4.79 Å². The predicted octanol–water partition coefficient (Wildman–Crippen LogP) is 1.37. The molecule has 0 radical (unpaired) electrons. The van der Waals surface area contributed by atoms with E-state index in [2.05, 4.69) is 15.3 Å². The fourth-order valence-electron chi connectivity index (χ4n) is 1.60. The lowest BCUT2D eigenvalue weighted by Gasteiger charge is -2.38. The first kappa shape index (κ1) is 12.6. The lowest BCUT2D eigenvalue weighted by Crippen LogP contribution is -2.57. The minimum atomic E-state index is -0.240. The van der Waals surface area contributed by atoms with Crippen LogP contribution in [0.2, 0.25) is 0 Å². The Kier molecular flexibility index (Phi) is 3.96. The number of hydrogen-bond acceptors (Lipinski definition) is 5. The number of carbonyl (C=O) groups is 1. The molecule has 2 heterocycles. The van der Waals surface area contributed by atoms with Gasteiger partial charge in [-0.1, -0.05) is 13.8 Å². The van der Waals surface area contributed by atoms with Crippen molar-refractivity contribution >= 4 is 12.0 Å². The molecule has 18 heavy (non-hydrogen) atoms. The highest BCUT2D eigenvalue weighted by Crippen LogP contribution is 2.13. The lowest BCUT2D eigenvalue weighted by molar-refractivity contribution is 0.0676. The van der Waals surface area contributed by atoms with Crippen molar-refractivity contribution in [1.29, 1.82) is 0 Å². The summed E-state index contributed by atoms with van der Waals surface area (Å²) in [5.41, 5.74) is 0. The predicted molar refractivity (Wildman–Crippen MR) is 67.2 cm³/mol. The zero-order chi connectivity index (χ0) is 13.0. The molecule has 0 bridgehead atoms. The van der Waals surface area contributed by atoms with Crippen molar-refractivity contribution in [3.63, 3.8) is 0 Å². The number of ether oxygens (including phenoxy) is 1. The number of nitrogens with one attached hydrogen (secondary N) is 1. The summed E-state index contributed by atoms with van der Waals surface area (Å²) in [5, 5.41) is 3.16. The molecule has 6 nitrogen and oxygen atoms in total. The zero-order valence-corrected chi connectivity index (χ0v) is 10.7. The van der Waals surface area contributed by atoms with E-state index in [0.29, 0.717) is 31.6 Å². The number of anilines is 1. The topological polar surface area (TPSA) is 67.3 Å². The van der Waals surface area contributed by atoms with Crippen molar-refractivity contribution in [1.82, 2.24) is 14.9 Å². The molecule has 1 fully saturated rings. The maximum atomic E-state index is 11.6. The summed E-state index contributed by atoms with van der Waals surface area (Å²) < 4.78 is 5.13. The number of aromatic nitrogens is 2. The summed E-state index contributed by atoms with van der Waals surface area (Å²) in [6.45, 7) is 5.76. The van der Waals surface area contributed by atoms with Crippen molar-refractivity contribution in [3.05, 3.63) is 18.5 Å². The molecule has 0 aromatic carbocycles.